The molecule has 2 aromatic rings. The number of nitro benzene ring substituents is 1. The number of nitrogens with zero attached hydrogens (tertiary/aromatic N) is 3. The number of aliphatic hydroxyl groups is 1. The number of ether oxygens (including phenoxy) is 1. The van der Waals surface area contributed by atoms with E-state index >= 15 is 0 Å². The lowest BCUT2D eigenvalue weighted by Crippen LogP contribution is -2.46. The number of rotatable bonds is 8. The van der Waals surface area contributed by atoms with Crippen LogP contribution in [0.25, 0.3) is 0 Å². The Morgan fingerprint density at radius 1 is 1.20 bits per heavy atom. The first-order valence-corrected chi connectivity index (χ1v) is 11.0. The fourth-order valence-corrected chi connectivity index (χ4v) is 4.77. The van der Waals surface area contributed by atoms with Gasteiger partial charge in [-0.15, -0.1) is 0 Å². The molecular formula is C20H25N3O6S. The van der Waals surface area contributed by atoms with Gasteiger partial charge in [-0.3, -0.25) is 19.3 Å². The van der Waals surface area contributed by atoms with Crippen LogP contribution in [0.2, 0.25) is 0 Å². The quantitative estimate of drug-likeness (QED) is 0.497. The normalized spacial score (nSPS) is 16.2. The second kappa shape index (κ2) is 9.52. The van der Waals surface area contributed by atoms with Gasteiger partial charge < -0.3 is 9.84 Å². The number of sulfonamides is 1. The summed E-state index contributed by atoms with van der Waals surface area (Å²) in [6.45, 7) is 4.32. The number of non-ortho nitro benzene ring substituents is 1. The number of morpholine rings is 1. The van der Waals surface area contributed by atoms with E-state index in [1.807, 2.05) is 11.8 Å². The summed E-state index contributed by atoms with van der Waals surface area (Å²) in [6, 6.07) is 11.8. The van der Waals surface area contributed by atoms with Crippen molar-refractivity contribution in [3.63, 3.8) is 0 Å². The van der Waals surface area contributed by atoms with Crippen molar-refractivity contribution < 1.29 is 23.2 Å². The molecule has 1 fully saturated rings. The van der Waals surface area contributed by atoms with Gasteiger partial charge in [0, 0.05) is 31.8 Å². The highest BCUT2D eigenvalue weighted by atomic mass is 32.2. The fourth-order valence-electron chi connectivity index (χ4n) is 3.27. The highest BCUT2D eigenvalue weighted by Gasteiger charge is 2.29. The number of aryl methyl sites for hydroxylation is 1. The molecule has 10 heteroatoms. The van der Waals surface area contributed by atoms with Crippen molar-refractivity contribution in [2.45, 2.75) is 17.9 Å². The lowest BCUT2D eigenvalue weighted by atomic mass is 10.2. The fraction of sp³-hybridized carbons (Fsp3) is 0.400. The van der Waals surface area contributed by atoms with E-state index < -0.39 is 21.1 Å². The topological polar surface area (TPSA) is 113 Å². The molecule has 0 aromatic heterocycles. The van der Waals surface area contributed by atoms with Gasteiger partial charge in [-0.05, 0) is 25.1 Å². The average molecular weight is 436 g/mol. The molecule has 0 aliphatic carbocycles. The number of hydrogen-bond donors (Lipinski definition) is 1. The maximum atomic E-state index is 13.4. The lowest BCUT2D eigenvalue weighted by molar-refractivity contribution is -0.384. The minimum absolute atomic E-state index is 0.0539. The van der Waals surface area contributed by atoms with Crippen molar-refractivity contribution in [2.24, 2.45) is 0 Å². The van der Waals surface area contributed by atoms with Crippen LogP contribution in [0.5, 0.6) is 0 Å². The first-order chi connectivity index (χ1) is 14.3. The van der Waals surface area contributed by atoms with Crippen LogP contribution >= 0.6 is 0 Å². The van der Waals surface area contributed by atoms with Gasteiger partial charge in [0.25, 0.3) is 15.7 Å². The van der Waals surface area contributed by atoms with Crippen LogP contribution in [-0.4, -0.2) is 68.8 Å². The zero-order chi connectivity index (χ0) is 21.7. The Morgan fingerprint density at radius 3 is 2.50 bits per heavy atom. The van der Waals surface area contributed by atoms with E-state index in [4.69, 9.17) is 4.74 Å². The van der Waals surface area contributed by atoms with Crippen molar-refractivity contribution in [3.05, 3.63) is 64.2 Å². The Morgan fingerprint density at radius 2 is 1.87 bits per heavy atom. The van der Waals surface area contributed by atoms with Crippen LogP contribution < -0.4 is 4.31 Å². The lowest BCUT2D eigenvalue weighted by Gasteiger charge is -2.31. The van der Waals surface area contributed by atoms with Gasteiger partial charge in [-0.25, -0.2) is 8.42 Å². The second-order valence-corrected chi connectivity index (χ2v) is 9.06. The summed E-state index contributed by atoms with van der Waals surface area (Å²) in [7, 11) is -4.04. The molecule has 0 unspecified atom stereocenters. The van der Waals surface area contributed by atoms with E-state index in [0.29, 0.717) is 26.3 Å². The van der Waals surface area contributed by atoms with Gasteiger partial charge in [0.05, 0.1) is 41.4 Å². The maximum Gasteiger partial charge on any atom is 0.271 e. The molecule has 3 rings (SSSR count). The van der Waals surface area contributed by atoms with Gasteiger partial charge in [0.15, 0.2) is 0 Å². The predicted molar refractivity (Wildman–Crippen MR) is 112 cm³/mol. The van der Waals surface area contributed by atoms with E-state index in [0.717, 1.165) is 9.87 Å². The third-order valence-corrected chi connectivity index (χ3v) is 6.69. The first kappa shape index (κ1) is 22.2. The zero-order valence-corrected chi connectivity index (χ0v) is 17.5. The van der Waals surface area contributed by atoms with E-state index in [1.165, 1.54) is 36.4 Å². The minimum Gasteiger partial charge on any atom is -0.390 e. The van der Waals surface area contributed by atoms with E-state index in [1.54, 1.807) is 12.1 Å². The molecule has 0 bridgehead atoms. The molecule has 1 aliphatic heterocycles. The summed E-state index contributed by atoms with van der Waals surface area (Å²) in [4.78, 5) is 12.7. The average Bonchev–Trinajstić information content (AvgIpc) is 2.73. The highest BCUT2D eigenvalue weighted by Crippen LogP contribution is 2.27. The Balaban J connectivity index is 1.92. The molecule has 0 amide bonds. The minimum atomic E-state index is -4.04. The number of aliphatic hydroxyl groups excluding tert-OH is 1. The van der Waals surface area contributed by atoms with Crippen LogP contribution in [0.3, 0.4) is 0 Å². The molecule has 0 saturated carbocycles. The third kappa shape index (κ3) is 5.33. The van der Waals surface area contributed by atoms with Crippen molar-refractivity contribution in [1.82, 2.24) is 4.90 Å². The molecular weight excluding hydrogens is 410 g/mol. The highest BCUT2D eigenvalue weighted by molar-refractivity contribution is 7.92. The Hall–Kier alpha value is -2.53. The summed E-state index contributed by atoms with van der Waals surface area (Å²) >= 11 is 0. The third-order valence-electron chi connectivity index (χ3n) is 4.89. The SMILES string of the molecule is Cc1ccc(S(=O)(=O)N(C[C@H](O)CN2CCOCC2)c2cccc([N+](=O)[O-])c2)cc1. The molecule has 1 atom stereocenters. The maximum absolute atomic E-state index is 13.4. The predicted octanol–water partition coefficient (Wildman–Crippen LogP) is 1.79. The first-order valence-electron chi connectivity index (χ1n) is 9.59. The number of β-amino-alcohol motifs (C(OH)–C–C–N with tert-alkyl or cyclic N) is 1. The van der Waals surface area contributed by atoms with Crippen molar-refractivity contribution in [1.29, 1.82) is 0 Å². The van der Waals surface area contributed by atoms with Gasteiger partial charge >= 0.3 is 0 Å². The molecule has 1 saturated heterocycles. The number of nitro groups is 1. The van der Waals surface area contributed by atoms with Crippen LogP contribution in [0.15, 0.2) is 53.4 Å². The molecule has 1 aliphatic rings. The van der Waals surface area contributed by atoms with Crippen molar-refractivity contribution in [2.75, 3.05) is 43.7 Å². The summed E-state index contributed by atoms with van der Waals surface area (Å²) < 4.78 is 33.1. The van der Waals surface area contributed by atoms with E-state index in [-0.39, 0.29) is 29.4 Å². The van der Waals surface area contributed by atoms with Crippen LogP contribution in [0, 0.1) is 17.0 Å². The smallest absolute Gasteiger partial charge is 0.271 e. The van der Waals surface area contributed by atoms with Crippen molar-refractivity contribution >= 4 is 21.4 Å². The van der Waals surface area contributed by atoms with Crippen LogP contribution in [0.4, 0.5) is 11.4 Å². The molecule has 1 heterocycles. The van der Waals surface area contributed by atoms with Gasteiger partial charge in [0.1, 0.15) is 0 Å². The molecule has 162 valence electrons. The number of benzene rings is 2. The molecule has 9 nitrogen and oxygen atoms in total. The standard InChI is InChI=1S/C20H25N3O6S/c1-16-5-7-20(8-6-16)30(27,28)22(17-3-2-4-18(13-17)23(25)26)15-19(24)14-21-9-11-29-12-10-21/h2-8,13,19,24H,9-12,14-15H2,1H3/t19-/m1/s1. The Labute approximate surface area is 175 Å². The second-order valence-electron chi connectivity index (χ2n) is 7.19. The molecule has 1 N–H and O–H groups in total. The van der Waals surface area contributed by atoms with Gasteiger partial charge in [-0.2, -0.15) is 0 Å². The van der Waals surface area contributed by atoms with Crippen LogP contribution in [-0.2, 0) is 14.8 Å². The van der Waals surface area contributed by atoms with E-state index in [9.17, 15) is 23.6 Å². The largest absolute Gasteiger partial charge is 0.390 e. The molecule has 2 aromatic carbocycles. The number of hydrogen-bond acceptors (Lipinski definition) is 7. The Bertz CT molecular complexity index is 974. The van der Waals surface area contributed by atoms with Gasteiger partial charge in [0.2, 0.25) is 0 Å². The monoisotopic (exact) mass is 435 g/mol. The van der Waals surface area contributed by atoms with Crippen molar-refractivity contribution in [3.8, 4) is 0 Å². The zero-order valence-electron chi connectivity index (χ0n) is 16.7. The van der Waals surface area contributed by atoms with Gasteiger partial charge in [-0.1, -0.05) is 23.8 Å². The van der Waals surface area contributed by atoms with Crippen LogP contribution in [0.1, 0.15) is 5.56 Å². The summed E-state index contributed by atoms with van der Waals surface area (Å²) in [6.07, 6.45) is -0.984. The summed E-state index contributed by atoms with van der Waals surface area (Å²) in [5.41, 5.74) is 0.813. The molecule has 0 spiro atoms. The molecule has 0 radical (unpaired) electrons. The van der Waals surface area contributed by atoms with E-state index in [2.05, 4.69) is 0 Å². The molecule has 30 heavy (non-hydrogen) atoms. The number of anilines is 1. The summed E-state index contributed by atoms with van der Waals surface area (Å²) in [5, 5.41) is 21.8. The Kier molecular flexibility index (Phi) is 7.03. The summed E-state index contributed by atoms with van der Waals surface area (Å²) in [5.74, 6) is 0.